The van der Waals surface area contributed by atoms with Crippen LogP contribution in [-0.2, 0) is 22.7 Å². The molecule has 1 atom stereocenters. The van der Waals surface area contributed by atoms with Crippen LogP contribution in [0.15, 0.2) is 36.7 Å². The number of benzene rings is 1. The number of anilines is 1. The van der Waals surface area contributed by atoms with Gasteiger partial charge < -0.3 is 15.0 Å². The summed E-state index contributed by atoms with van der Waals surface area (Å²) in [6.07, 6.45) is 3.64. The normalized spacial score (nSPS) is 17.0. The molecule has 1 aliphatic heterocycles. The highest BCUT2D eigenvalue weighted by atomic mass is 16.5. The number of carbonyl (C=O) groups excluding carboxylic acids is 2. The molecule has 3 rings (SSSR count). The van der Waals surface area contributed by atoms with E-state index in [1.165, 1.54) is 0 Å². The maximum Gasteiger partial charge on any atom is 0.229 e. The van der Waals surface area contributed by atoms with Gasteiger partial charge in [0.05, 0.1) is 24.9 Å². The molecule has 132 valence electrons. The third kappa shape index (κ3) is 3.99. The zero-order chi connectivity index (χ0) is 17.8. The summed E-state index contributed by atoms with van der Waals surface area (Å²) in [6, 6.07) is 7.59. The molecule has 1 aromatic heterocycles. The SMILES string of the molecule is CCn1cc(NC(=O)[C@H]2CC(=O)N(Cc3ccc(OC)cc3)C2)cn1. The topological polar surface area (TPSA) is 76.5 Å². The number of amides is 2. The van der Waals surface area contributed by atoms with Gasteiger partial charge in [-0.15, -0.1) is 0 Å². The second-order valence-electron chi connectivity index (χ2n) is 6.10. The summed E-state index contributed by atoms with van der Waals surface area (Å²) in [5.41, 5.74) is 1.67. The molecule has 2 aromatic rings. The molecule has 1 aromatic carbocycles. The number of methoxy groups -OCH3 is 1. The minimum absolute atomic E-state index is 0.000205. The zero-order valence-electron chi connectivity index (χ0n) is 14.4. The van der Waals surface area contributed by atoms with Crippen LogP contribution in [0.4, 0.5) is 5.69 Å². The van der Waals surface area contributed by atoms with Crippen molar-refractivity contribution in [2.45, 2.75) is 26.4 Å². The van der Waals surface area contributed by atoms with Crippen LogP contribution >= 0.6 is 0 Å². The molecule has 1 aliphatic rings. The smallest absolute Gasteiger partial charge is 0.229 e. The monoisotopic (exact) mass is 342 g/mol. The van der Waals surface area contributed by atoms with Crippen molar-refractivity contribution in [3.05, 3.63) is 42.2 Å². The lowest BCUT2D eigenvalue weighted by molar-refractivity contribution is -0.128. The van der Waals surface area contributed by atoms with Crippen molar-refractivity contribution >= 4 is 17.5 Å². The summed E-state index contributed by atoms with van der Waals surface area (Å²) in [6.45, 7) is 3.65. The van der Waals surface area contributed by atoms with Crippen molar-refractivity contribution in [3.8, 4) is 5.75 Å². The Kier molecular flexibility index (Phi) is 5.02. The van der Waals surface area contributed by atoms with Crippen LogP contribution in [0.2, 0.25) is 0 Å². The van der Waals surface area contributed by atoms with E-state index in [2.05, 4.69) is 10.4 Å². The number of hydrogen-bond acceptors (Lipinski definition) is 4. The summed E-state index contributed by atoms with van der Waals surface area (Å²) >= 11 is 0. The Hall–Kier alpha value is -2.83. The van der Waals surface area contributed by atoms with E-state index >= 15 is 0 Å². The van der Waals surface area contributed by atoms with Crippen molar-refractivity contribution in [1.82, 2.24) is 14.7 Å². The van der Waals surface area contributed by atoms with Gasteiger partial charge in [0.25, 0.3) is 0 Å². The largest absolute Gasteiger partial charge is 0.497 e. The molecule has 0 aliphatic carbocycles. The van der Waals surface area contributed by atoms with Gasteiger partial charge in [-0.05, 0) is 24.6 Å². The first-order valence-corrected chi connectivity index (χ1v) is 8.33. The molecular formula is C18H22N4O3. The van der Waals surface area contributed by atoms with Crippen LogP contribution in [0.1, 0.15) is 18.9 Å². The number of aryl methyl sites for hydroxylation is 1. The Morgan fingerprint density at radius 2 is 2.12 bits per heavy atom. The van der Waals surface area contributed by atoms with E-state index in [1.54, 1.807) is 29.1 Å². The van der Waals surface area contributed by atoms with Crippen LogP contribution in [0.5, 0.6) is 5.75 Å². The molecule has 0 radical (unpaired) electrons. The lowest BCUT2D eigenvalue weighted by Crippen LogP contribution is -2.27. The minimum Gasteiger partial charge on any atom is -0.497 e. The fourth-order valence-corrected chi connectivity index (χ4v) is 2.90. The van der Waals surface area contributed by atoms with E-state index in [0.29, 0.717) is 18.8 Å². The highest BCUT2D eigenvalue weighted by molar-refractivity contribution is 5.97. The van der Waals surface area contributed by atoms with Gasteiger partial charge in [0.1, 0.15) is 5.75 Å². The number of hydrogen-bond donors (Lipinski definition) is 1. The van der Waals surface area contributed by atoms with Gasteiger partial charge in [0, 0.05) is 32.3 Å². The first-order valence-electron chi connectivity index (χ1n) is 8.33. The summed E-state index contributed by atoms with van der Waals surface area (Å²) in [5.74, 6) is 0.304. The van der Waals surface area contributed by atoms with Crippen molar-refractivity contribution in [2.24, 2.45) is 5.92 Å². The maximum atomic E-state index is 12.4. The first-order chi connectivity index (χ1) is 12.1. The van der Waals surface area contributed by atoms with Gasteiger partial charge in [-0.1, -0.05) is 12.1 Å². The van der Waals surface area contributed by atoms with Gasteiger partial charge in [-0.2, -0.15) is 5.10 Å². The van der Waals surface area contributed by atoms with Gasteiger partial charge in [0.15, 0.2) is 0 Å². The van der Waals surface area contributed by atoms with E-state index in [4.69, 9.17) is 4.74 Å². The number of rotatable bonds is 6. The number of aromatic nitrogens is 2. The molecule has 2 heterocycles. The standard InChI is InChI=1S/C18H22N4O3/c1-3-22-12-15(9-19-22)20-18(24)14-8-17(23)21(11-14)10-13-4-6-16(25-2)7-5-13/h4-7,9,12,14H,3,8,10-11H2,1-2H3,(H,20,24)/t14-/m0/s1. The Morgan fingerprint density at radius 3 is 2.76 bits per heavy atom. The average Bonchev–Trinajstić information content (AvgIpc) is 3.22. The quantitative estimate of drug-likeness (QED) is 0.870. The van der Waals surface area contributed by atoms with Gasteiger partial charge in [-0.25, -0.2) is 0 Å². The third-order valence-corrected chi connectivity index (χ3v) is 4.34. The number of carbonyl (C=O) groups is 2. The Labute approximate surface area is 146 Å². The van der Waals surface area contributed by atoms with Crippen LogP contribution < -0.4 is 10.1 Å². The van der Waals surface area contributed by atoms with Crippen molar-refractivity contribution in [1.29, 1.82) is 0 Å². The highest BCUT2D eigenvalue weighted by Gasteiger charge is 2.34. The van der Waals surface area contributed by atoms with Crippen LogP contribution in [0, 0.1) is 5.92 Å². The van der Waals surface area contributed by atoms with E-state index in [0.717, 1.165) is 17.9 Å². The highest BCUT2D eigenvalue weighted by Crippen LogP contribution is 2.22. The van der Waals surface area contributed by atoms with Crippen LogP contribution in [0.25, 0.3) is 0 Å². The second kappa shape index (κ2) is 7.38. The lowest BCUT2D eigenvalue weighted by Gasteiger charge is -2.16. The van der Waals surface area contributed by atoms with Crippen LogP contribution in [-0.4, -0.2) is 40.1 Å². The molecule has 0 spiro atoms. The molecule has 25 heavy (non-hydrogen) atoms. The average molecular weight is 342 g/mol. The Balaban J connectivity index is 1.58. The molecule has 0 bridgehead atoms. The molecule has 0 saturated carbocycles. The molecule has 0 unspecified atom stereocenters. The predicted octanol–water partition coefficient (Wildman–Crippen LogP) is 1.90. The summed E-state index contributed by atoms with van der Waals surface area (Å²) in [5, 5.41) is 6.97. The second-order valence-corrected chi connectivity index (χ2v) is 6.10. The fourth-order valence-electron chi connectivity index (χ4n) is 2.90. The van der Waals surface area contributed by atoms with Gasteiger partial charge >= 0.3 is 0 Å². The lowest BCUT2D eigenvalue weighted by atomic mass is 10.1. The molecule has 7 nitrogen and oxygen atoms in total. The van der Waals surface area contributed by atoms with E-state index < -0.39 is 0 Å². The van der Waals surface area contributed by atoms with E-state index in [1.807, 2.05) is 31.2 Å². The predicted molar refractivity (Wildman–Crippen MR) is 93.0 cm³/mol. The first kappa shape index (κ1) is 17.0. The summed E-state index contributed by atoms with van der Waals surface area (Å²) in [4.78, 5) is 26.3. The Morgan fingerprint density at radius 1 is 1.36 bits per heavy atom. The third-order valence-electron chi connectivity index (χ3n) is 4.34. The molecule has 1 N–H and O–H groups in total. The molecule has 1 saturated heterocycles. The molecule has 2 amide bonds. The number of nitrogens with zero attached hydrogens (tertiary/aromatic N) is 3. The molecule has 1 fully saturated rings. The molecule has 7 heteroatoms. The van der Waals surface area contributed by atoms with Crippen LogP contribution in [0.3, 0.4) is 0 Å². The fraction of sp³-hybridized carbons (Fsp3) is 0.389. The van der Waals surface area contributed by atoms with Crippen molar-refractivity contribution in [2.75, 3.05) is 19.0 Å². The van der Waals surface area contributed by atoms with Gasteiger partial charge in [0.2, 0.25) is 11.8 Å². The minimum atomic E-state index is -0.337. The molecular weight excluding hydrogens is 320 g/mol. The van der Waals surface area contributed by atoms with E-state index in [9.17, 15) is 9.59 Å². The number of ether oxygens (including phenoxy) is 1. The number of nitrogens with one attached hydrogen (secondary N) is 1. The van der Waals surface area contributed by atoms with E-state index in [-0.39, 0.29) is 24.2 Å². The van der Waals surface area contributed by atoms with Crippen molar-refractivity contribution < 1.29 is 14.3 Å². The Bertz CT molecular complexity index is 754. The summed E-state index contributed by atoms with van der Waals surface area (Å²) in [7, 11) is 1.62. The van der Waals surface area contributed by atoms with Gasteiger partial charge in [-0.3, -0.25) is 14.3 Å². The zero-order valence-corrected chi connectivity index (χ0v) is 14.4. The van der Waals surface area contributed by atoms with Crippen molar-refractivity contribution in [3.63, 3.8) is 0 Å². The maximum absolute atomic E-state index is 12.4. The summed E-state index contributed by atoms with van der Waals surface area (Å²) < 4.78 is 6.88. The number of likely N-dealkylation sites (tertiary alicyclic amines) is 1.